The van der Waals surface area contributed by atoms with Crippen LogP contribution in [-0.2, 0) is 12.5 Å². The number of ether oxygens (including phenoxy) is 1. The predicted octanol–water partition coefficient (Wildman–Crippen LogP) is 8.14. The van der Waals surface area contributed by atoms with Gasteiger partial charge >= 0.3 is 6.11 Å². The van der Waals surface area contributed by atoms with E-state index in [9.17, 15) is 35.1 Å². The monoisotopic (exact) mass is 578 g/mol. The molecule has 0 saturated carbocycles. The van der Waals surface area contributed by atoms with Gasteiger partial charge in [-0.25, -0.2) is 26.3 Å². The second-order valence-corrected chi connectivity index (χ2v) is 9.22. The van der Waals surface area contributed by atoms with Gasteiger partial charge in [-0.1, -0.05) is 18.2 Å². The number of nitrogens with two attached hydrogens (primary N) is 1. The van der Waals surface area contributed by atoms with Crippen molar-refractivity contribution in [1.82, 2.24) is 0 Å². The number of rotatable bonds is 10. The molecule has 3 N–H and O–H groups in total. The van der Waals surface area contributed by atoms with E-state index in [0.29, 0.717) is 6.07 Å². The number of alkyl halides is 2. The van der Waals surface area contributed by atoms with E-state index < -0.39 is 52.3 Å². The molecule has 41 heavy (non-hydrogen) atoms. The highest BCUT2D eigenvalue weighted by atomic mass is 19.3. The fraction of sp³-hybridized carbons (Fsp3) is 0.167. The molecule has 1 atom stereocenters. The number of aryl methyl sites for hydroxylation is 1. The molecule has 4 rings (SSSR count). The molecule has 0 aliphatic carbocycles. The van der Waals surface area contributed by atoms with Gasteiger partial charge in [0.1, 0.15) is 34.6 Å². The van der Waals surface area contributed by atoms with Crippen molar-refractivity contribution < 1.29 is 39.9 Å². The highest BCUT2D eigenvalue weighted by Gasteiger charge is 2.41. The first-order chi connectivity index (χ1) is 19.4. The molecule has 11 heteroatoms. The van der Waals surface area contributed by atoms with E-state index >= 15 is 0 Å². The Kier molecular flexibility index (Phi) is 8.77. The number of benzene rings is 4. The van der Waals surface area contributed by atoms with Crippen molar-refractivity contribution in [3.05, 3.63) is 113 Å². The van der Waals surface area contributed by atoms with Crippen molar-refractivity contribution >= 4 is 6.21 Å². The number of nitrogens with one attached hydrogen (secondary N) is 1. The molecular formula is C30H22F8N2O. The zero-order valence-corrected chi connectivity index (χ0v) is 21.1. The van der Waals surface area contributed by atoms with Gasteiger partial charge in [0.2, 0.25) is 0 Å². The van der Waals surface area contributed by atoms with Crippen molar-refractivity contribution in [3.8, 4) is 28.0 Å². The van der Waals surface area contributed by atoms with Crippen LogP contribution in [0, 0.1) is 46.2 Å². The summed E-state index contributed by atoms with van der Waals surface area (Å²) in [7, 11) is 0. The Morgan fingerprint density at radius 2 is 1.27 bits per heavy atom. The molecule has 0 fully saturated rings. The Morgan fingerprint density at radius 3 is 1.80 bits per heavy atom. The molecule has 0 saturated heterocycles. The first-order valence-electron chi connectivity index (χ1n) is 12.2. The average molecular weight is 579 g/mol. The van der Waals surface area contributed by atoms with Gasteiger partial charge in [0, 0.05) is 29.7 Å². The molecule has 4 aromatic carbocycles. The largest absolute Gasteiger partial charge is 0.432 e. The molecule has 0 heterocycles. The van der Waals surface area contributed by atoms with Gasteiger partial charge in [0.05, 0.1) is 0 Å². The minimum Gasteiger partial charge on any atom is -0.429 e. The van der Waals surface area contributed by atoms with Gasteiger partial charge in [0.25, 0.3) is 0 Å². The molecule has 0 spiro atoms. The summed E-state index contributed by atoms with van der Waals surface area (Å²) >= 11 is 0. The summed E-state index contributed by atoms with van der Waals surface area (Å²) < 4.78 is 120. The zero-order valence-electron chi connectivity index (χ0n) is 21.1. The maximum atomic E-state index is 14.9. The standard InChI is InChI=1S/C30H22F8N2O/c31-23-8-4-19(12-26(23)34)21-6-3-18(11-24(21)32)22-7-5-20(13-25(22)33)41-30(37,38)29-27(35)9-16(10-28(29)36)1-2-17(14-39)15-40/h3-14,17,39H,1-2,15,40H2. The smallest absolute Gasteiger partial charge is 0.429 e. The van der Waals surface area contributed by atoms with Crippen LogP contribution < -0.4 is 10.5 Å². The van der Waals surface area contributed by atoms with Crippen LogP contribution in [0.1, 0.15) is 17.5 Å². The SMILES string of the molecule is N=CC(CN)CCc1cc(F)c(C(F)(F)Oc2ccc(-c3ccc(-c4ccc(F)c(F)c4)c(F)c3)c(F)c2)c(F)c1. The van der Waals surface area contributed by atoms with Gasteiger partial charge < -0.3 is 15.9 Å². The lowest BCUT2D eigenvalue weighted by molar-refractivity contribution is -0.189. The molecule has 0 aliphatic heterocycles. The van der Waals surface area contributed by atoms with Crippen LogP contribution in [-0.4, -0.2) is 12.8 Å². The molecule has 0 bridgehead atoms. The van der Waals surface area contributed by atoms with Crippen LogP contribution in [0.3, 0.4) is 0 Å². The first-order valence-corrected chi connectivity index (χ1v) is 12.2. The van der Waals surface area contributed by atoms with E-state index in [1.54, 1.807) is 0 Å². The molecule has 0 radical (unpaired) electrons. The summed E-state index contributed by atoms with van der Waals surface area (Å²) in [6.45, 7) is 0.144. The second kappa shape index (κ2) is 12.1. The topological polar surface area (TPSA) is 59.1 Å². The molecule has 0 aromatic heterocycles. The van der Waals surface area contributed by atoms with Gasteiger partial charge in [-0.15, -0.1) is 0 Å². The first kappa shape index (κ1) is 29.7. The molecule has 3 nitrogen and oxygen atoms in total. The summed E-state index contributed by atoms with van der Waals surface area (Å²) in [5.41, 5.74) is 3.64. The third kappa shape index (κ3) is 6.57. The summed E-state index contributed by atoms with van der Waals surface area (Å²) in [5.74, 6) is -8.51. The fourth-order valence-electron chi connectivity index (χ4n) is 4.24. The maximum absolute atomic E-state index is 14.9. The van der Waals surface area contributed by atoms with Crippen LogP contribution in [0.15, 0.2) is 66.7 Å². The number of hydrogen-bond acceptors (Lipinski definition) is 3. The Hall–Kier alpha value is -4.25. The molecule has 1 unspecified atom stereocenters. The van der Waals surface area contributed by atoms with Gasteiger partial charge in [0.15, 0.2) is 11.6 Å². The van der Waals surface area contributed by atoms with E-state index in [1.165, 1.54) is 12.1 Å². The van der Waals surface area contributed by atoms with Crippen molar-refractivity contribution in [3.63, 3.8) is 0 Å². The number of hydrogen-bond donors (Lipinski definition) is 2. The Balaban J connectivity index is 1.54. The molecular weight excluding hydrogens is 556 g/mol. The third-order valence-corrected chi connectivity index (χ3v) is 6.43. The Morgan fingerprint density at radius 1 is 0.707 bits per heavy atom. The lowest BCUT2D eigenvalue weighted by Gasteiger charge is -2.20. The van der Waals surface area contributed by atoms with E-state index in [4.69, 9.17) is 11.1 Å². The van der Waals surface area contributed by atoms with Crippen molar-refractivity contribution in [2.45, 2.75) is 19.0 Å². The summed E-state index contributed by atoms with van der Waals surface area (Å²) in [6, 6.07) is 10.2. The minimum absolute atomic E-state index is 0.00258. The van der Waals surface area contributed by atoms with Crippen molar-refractivity contribution in [2.24, 2.45) is 11.7 Å². The zero-order chi connectivity index (χ0) is 29.9. The quantitative estimate of drug-likeness (QED) is 0.147. The van der Waals surface area contributed by atoms with E-state index in [1.807, 2.05) is 0 Å². The van der Waals surface area contributed by atoms with Crippen LogP contribution >= 0.6 is 0 Å². The van der Waals surface area contributed by atoms with E-state index in [2.05, 4.69) is 4.74 Å². The van der Waals surface area contributed by atoms with Gasteiger partial charge in [-0.3, -0.25) is 0 Å². The molecule has 4 aromatic rings. The Labute approximate surface area is 229 Å². The van der Waals surface area contributed by atoms with E-state index in [0.717, 1.165) is 54.7 Å². The molecule has 0 amide bonds. The van der Waals surface area contributed by atoms with Crippen molar-refractivity contribution in [2.75, 3.05) is 6.54 Å². The maximum Gasteiger partial charge on any atom is 0.432 e. The minimum atomic E-state index is -4.52. The lowest BCUT2D eigenvalue weighted by atomic mass is 9.99. The predicted molar refractivity (Wildman–Crippen MR) is 138 cm³/mol. The summed E-state index contributed by atoms with van der Waals surface area (Å²) in [4.78, 5) is 0. The highest BCUT2D eigenvalue weighted by Crippen LogP contribution is 2.37. The van der Waals surface area contributed by atoms with E-state index in [-0.39, 0.29) is 53.1 Å². The summed E-state index contributed by atoms with van der Waals surface area (Å²) in [6.07, 6.45) is -3.05. The molecule has 0 aliphatic rings. The van der Waals surface area contributed by atoms with Crippen LogP contribution in [0.5, 0.6) is 5.75 Å². The van der Waals surface area contributed by atoms with Gasteiger partial charge in [-0.2, -0.15) is 8.78 Å². The lowest BCUT2D eigenvalue weighted by Crippen LogP contribution is -2.25. The normalized spacial score (nSPS) is 12.3. The van der Waals surface area contributed by atoms with Crippen LogP contribution in [0.4, 0.5) is 35.1 Å². The van der Waals surface area contributed by atoms with Crippen LogP contribution in [0.2, 0.25) is 0 Å². The fourth-order valence-corrected chi connectivity index (χ4v) is 4.24. The summed E-state index contributed by atoms with van der Waals surface area (Å²) in [5, 5.41) is 7.24. The van der Waals surface area contributed by atoms with Crippen molar-refractivity contribution in [1.29, 1.82) is 5.41 Å². The highest BCUT2D eigenvalue weighted by molar-refractivity contribution is 5.71. The Bertz CT molecular complexity index is 1570. The number of halogens is 8. The third-order valence-electron chi connectivity index (χ3n) is 6.43. The molecule has 214 valence electrons. The second-order valence-electron chi connectivity index (χ2n) is 9.22. The van der Waals surface area contributed by atoms with Crippen LogP contribution in [0.25, 0.3) is 22.3 Å². The average Bonchev–Trinajstić information content (AvgIpc) is 2.90. The van der Waals surface area contributed by atoms with Gasteiger partial charge in [-0.05, 0) is 78.2 Å².